The van der Waals surface area contributed by atoms with Crippen LogP contribution in [0.4, 0.5) is 0 Å². The van der Waals surface area contributed by atoms with Crippen LogP contribution in [0.15, 0.2) is 0 Å². The highest BCUT2D eigenvalue weighted by Crippen LogP contribution is 2.12. The lowest BCUT2D eigenvalue weighted by Crippen LogP contribution is -2.18. The minimum Gasteiger partial charge on any atom is -0.384 e. The minimum atomic E-state index is 0.0972. The van der Waals surface area contributed by atoms with Crippen LogP contribution >= 0.6 is 0 Å². The Kier molecular flexibility index (Phi) is 5.12. The normalized spacial score (nSPS) is 13.5. The summed E-state index contributed by atoms with van der Waals surface area (Å²) in [6.07, 6.45) is 0.934. The summed E-state index contributed by atoms with van der Waals surface area (Å²) < 4.78 is 4.95. The molecule has 2 nitrogen and oxygen atoms in total. The predicted molar refractivity (Wildman–Crippen MR) is 45.5 cm³/mol. The molecule has 0 fully saturated rings. The van der Waals surface area contributed by atoms with Gasteiger partial charge in [-0.1, -0.05) is 13.8 Å². The Morgan fingerprint density at radius 3 is 2.27 bits per heavy atom. The maximum absolute atomic E-state index is 11.0. The number of rotatable bonds is 5. The highest BCUT2D eigenvalue weighted by molar-refractivity contribution is 5.78. The standard InChI is InChI=1S/C9H18O2/c1-7(2)5-9(6-11-4)8(3)10/h7,9H,5-6H2,1-4H3. The van der Waals surface area contributed by atoms with Gasteiger partial charge in [0.2, 0.25) is 0 Å². The molecule has 0 radical (unpaired) electrons. The fourth-order valence-electron chi connectivity index (χ4n) is 1.12. The molecule has 0 aromatic heterocycles. The summed E-state index contributed by atoms with van der Waals surface area (Å²) in [6, 6.07) is 0. The van der Waals surface area contributed by atoms with Gasteiger partial charge < -0.3 is 4.74 Å². The first-order chi connectivity index (χ1) is 5.07. The molecular formula is C9H18O2. The first-order valence-corrected chi connectivity index (χ1v) is 4.07. The average Bonchev–Trinajstić information content (AvgIpc) is 1.86. The molecule has 0 saturated heterocycles. The van der Waals surface area contributed by atoms with Gasteiger partial charge in [0.15, 0.2) is 0 Å². The first kappa shape index (κ1) is 10.6. The van der Waals surface area contributed by atoms with Gasteiger partial charge in [-0.3, -0.25) is 4.79 Å². The molecule has 66 valence electrons. The van der Waals surface area contributed by atoms with Crippen LogP contribution in [0.3, 0.4) is 0 Å². The number of hydrogen-bond acceptors (Lipinski definition) is 2. The zero-order chi connectivity index (χ0) is 8.85. The fourth-order valence-corrected chi connectivity index (χ4v) is 1.12. The van der Waals surface area contributed by atoms with Gasteiger partial charge >= 0.3 is 0 Å². The summed E-state index contributed by atoms with van der Waals surface area (Å²) in [5, 5.41) is 0. The Balaban J connectivity index is 3.79. The SMILES string of the molecule is COCC(CC(C)C)C(C)=O. The van der Waals surface area contributed by atoms with Crippen LogP contribution in [0, 0.1) is 11.8 Å². The fraction of sp³-hybridized carbons (Fsp3) is 0.889. The van der Waals surface area contributed by atoms with Crippen molar-refractivity contribution >= 4 is 5.78 Å². The molecule has 0 bridgehead atoms. The molecular weight excluding hydrogens is 140 g/mol. The van der Waals surface area contributed by atoms with Gasteiger partial charge in [-0.15, -0.1) is 0 Å². The monoisotopic (exact) mass is 158 g/mol. The summed E-state index contributed by atoms with van der Waals surface area (Å²) in [5.41, 5.74) is 0. The van der Waals surface area contributed by atoms with Crippen molar-refractivity contribution in [1.29, 1.82) is 0 Å². The maximum Gasteiger partial charge on any atom is 0.135 e. The Morgan fingerprint density at radius 1 is 1.45 bits per heavy atom. The molecule has 0 rings (SSSR count). The summed E-state index contributed by atoms with van der Waals surface area (Å²) in [7, 11) is 1.64. The van der Waals surface area contributed by atoms with E-state index in [9.17, 15) is 4.79 Å². The van der Waals surface area contributed by atoms with E-state index in [1.54, 1.807) is 14.0 Å². The topological polar surface area (TPSA) is 26.3 Å². The molecule has 0 heterocycles. The van der Waals surface area contributed by atoms with E-state index in [0.29, 0.717) is 12.5 Å². The number of ether oxygens (including phenoxy) is 1. The van der Waals surface area contributed by atoms with Crippen molar-refractivity contribution in [3.63, 3.8) is 0 Å². The van der Waals surface area contributed by atoms with Crippen molar-refractivity contribution in [2.24, 2.45) is 11.8 Å². The lowest BCUT2D eigenvalue weighted by atomic mass is 9.95. The largest absolute Gasteiger partial charge is 0.384 e. The van der Waals surface area contributed by atoms with E-state index < -0.39 is 0 Å². The Labute approximate surface area is 68.9 Å². The number of Topliss-reactive ketones (excluding diaryl/α,β-unsaturated/α-hetero) is 1. The molecule has 0 spiro atoms. The van der Waals surface area contributed by atoms with Crippen molar-refractivity contribution in [3.05, 3.63) is 0 Å². The number of methoxy groups -OCH3 is 1. The second-order valence-electron chi connectivity index (χ2n) is 3.39. The van der Waals surface area contributed by atoms with Crippen LogP contribution in [0.5, 0.6) is 0 Å². The van der Waals surface area contributed by atoms with Crippen LogP contribution in [0.25, 0.3) is 0 Å². The Bertz CT molecular complexity index is 119. The molecule has 0 aliphatic carbocycles. The van der Waals surface area contributed by atoms with E-state index >= 15 is 0 Å². The summed E-state index contributed by atoms with van der Waals surface area (Å²) in [4.78, 5) is 11.0. The molecule has 0 aromatic rings. The third-order valence-electron chi connectivity index (χ3n) is 1.70. The van der Waals surface area contributed by atoms with Crippen LogP contribution in [-0.4, -0.2) is 19.5 Å². The Morgan fingerprint density at radius 2 is 2.00 bits per heavy atom. The van der Waals surface area contributed by atoms with Gasteiger partial charge in [-0.2, -0.15) is 0 Å². The van der Waals surface area contributed by atoms with Crippen molar-refractivity contribution in [2.75, 3.05) is 13.7 Å². The van der Waals surface area contributed by atoms with Gasteiger partial charge in [-0.05, 0) is 19.3 Å². The zero-order valence-corrected chi connectivity index (χ0v) is 7.89. The predicted octanol–water partition coefficient (Wildman–Crippen LogP) is 1.88. The second-order valence-corrected chi connectivity index (χ2v) is 3.39. The maximum atomic E-state index is 11.0. The minimum absolute atomic E-state index is 0.0972. The van der Waals surface area contributed by atoms with Crippen molar-refractivity contribution in [2.45, 2.75) is 27.2 Å². The molecule has 0 amide bonds. The van der Waals surface area contributed by atoms with E-state index in [4.69, 9.17) is 4.74 Å². The number of carbonyl (C=O) groups excluding carboxylic acids is 1. The summed E-state index contributed by atoms with van der Waals surface area (Å²) in [6.45, 7) is 6.43. The van der Waals surface area contributed by atoms with Crippen molar-refractivity contribution < 1.29 is 9.53 Å². The molecule has 1 atom stereocenters. The van der Waals surface area contributed by atoms with E-state index in [0.717, 1.165) is 6.42 Å². The molecule has 0 aliphatic rings. The molecule has 0 aliphatic heterocycles. The third kappa shape index (κ3) is 4.96. The molecule has 2 heteroatoms. The summed E-state index contributed by atoms with van der Waals surface area (Å²) in [5.74, 6) is 0.902. The molecule has 0 aromatic carbocycles. The molecule has 1 unspecified atom stereocenters. The highest BCUT2D eigenvalue weighted by atomic mass is 16.5. The van der Waals surface area contributed by atoms with Gasteiger partial charge in [0.1, 0.15) is 5.78 Å². The van der Waals surface area contributed by atoms with E-state index in [-0.39, 0.29) is 11.7 Å². The smallest absolute Gasteiger partial charge is 0.135 e. The summed E-state index contributed by atoms with van der Waals surface area (Å²) >= 11 is 0. The van der Waals surface area contributed by atoms with Crippen LogP contribution in [0.1, 0.15) is 27.2 Å². The Hall–Kier alpha value is -0.370. The highest BCUT2D eigenvalue weighted by Gasteiger charge is 2.14. The van der Waals surface area contributed by atoms with Crippen molar-refractivity contribution in [3.8, 4) is 0 Å². The second kappa shape index (κ2) is 5.30. The molecule has 11 heavy (non-hydrogen) atoms. The lowest BCUT2D eigenvalue weighted by Gasteiger charge is -2.14. The third-order valence-corrected chi connectivity index (χ3v) is 1.70. The number of hydrogen-bond donors (Lipinski definition) is 0. The average molecular weight is 158 g/mol. The molecule has 0 saturated carbocycles. The van der Waals surface area contributed by atoms with Gasteiger partial charge in [0.25, 0.3) is 0 Å². The van der Waals surface area contributed by atoms with E-state index in [1.807, 2.05) is 0 Å². The van der Waals surface area contributed by atoms with Gasteiger partial charge in [-0.25, -0.2) is 0 Å². The zero-order valence-electron chi connectivity index (χ0n) is 7.89. The van der Waals surface area contributed by atoms with E-state index in [2.05, 4.69) is 13.8 Å². The lowest BCUT2D eigenvalue weighted by molar-refractivity contribution is -0.122. The van der Waals surface area contributed by atoms with Crippen LogP contribution in [0.2, 0.25) is 0 Å². The van der Waals surface area contributed by atoms with Crippen LogP contribution in [-0.2, 0) is 9.53 Å². The van der Waals surface area contributed by atoms with E-state index in [1.165, 1.54) is 0 Å². The van der Waals surface area contributed by atoms with Gasteiger partial charge in [0, 0.05) is 13.0 Å². The van der Waals surface area contributed by atoms with Gasteiger partial charge in [0.05, 0.1) is 6.61 Å². The van der Waals surface area contributed by atoms with Crippen LogP contribution < -0.4 is 0 Å². The number of ketones is 1. The first-order valence-electron chi connectivity index (χ1n) is 4.07. The van der Waals surface area contributed by atoms with Crippen molar-refractivity contribution in [1.82, 2.24) is 0 Å². The number of carbonyl (C=O) groups is 1. The quantitative estimate of drug-likeness (QED) is 0.610. The molecule has 0 N–H and O–H groups in total.